The maximum Gasteiger partial charge on any atom is 0.228 e. The van der Waals surface area contributed by atoms with E-state index in [-0.39, 0.29) is 0 Å². The minimum atomic E-state index is 0.352. The van der Waals surface area contributed by atoms with Crippen molar-refractivity contribution < 1.29 is 4.74 Å². The summed E-state index contributed by atoms with van der Waals surface area (Å²) in [5.41, 5.74) is 4.89. The van der Waals surface area contributed by atoms with Gasteiger partial charge in [0.15, 0.2) is 0 Å². The van der Waals surface area contributed by atoms with Gasteiger partial charge in [0.1, 0.15) is 5.82 Å². The first kappa shape index (κ1) is 23.2. The molecule has 2 unspecified atom stereocenters. The normalized spacial score (nSPS) is 19.1. The highest BCUT2D eigenvalue weighted by molar-refractivity contribution is 6.30. The summed E-state index contributed by atoms with van der Waals surface area (Å²) in [6.45, 7) is 6.24. The molecule has 36 heavy (non-hydrogen) atoms. The lowest BCUT2D eigenvalue weighted by atomic mass is 10.1. The average molecular weight is 504 g/mol. The van der Waals surface area contributed by atoms with Crippen LogP contribution in [0, 0.1) is 0 Å². The third-order valence-electron chi connectivity index (χ3n) is 7.11. The molecule has 4 heterocycles. The van der Waals surface area contributed by atoms with E-state index in [1.165, 1.54) is 12.8 Å². The van der Waals surface area contributed by atoms with Gasteiger partial charge in [0.25, 0.3) is 0 Å². The van der Waals surface area contributed by atoms with Gasteiger partial charge in [-0.15, -0.1) is 0 Å². The third kappa shape index (κ3) is 4.76. The second kappa shape index (κ2) is 10.0. The zero-order chi connectivity index (χ0) is 24.5. The van der Waals surface area contributed by atoms with E-state index in [9.17, 15) is 0 Å². The summed E-state index contributed by atoms with van der Waals surface area (Å²) < 4.78 is 7.83. The lowest BCUT2D eigenvalue weighted by Crippen LogP contribution is -2.37. The van der Waals surface area contributed by atoms with E-state index in [1.54, 1.807) is 0 Å². The Morgan fingerprint density at radius 2 is 1.92 bits per heavy atom. The van der Waals surface area contributed by atoms with Crippen LogP contribution in [0.3, 0.4) is 0 Å². The lowest BCUT2D eigenvalue weighted by Gasteiger charge is -2.27. The van der Waals surface area contributed by atoms with E-state index >= 15 is 0 Å². The molecule has 6 rings (SSSR count). The van der Waals surface area contributed by atoms with E-state index in [4.69, 9.17) is 31.3 Å². The fourth-order valence-corrected chi connectivity index (χ4v) is 5.19. The second-order valence-corrected chi connectivity index (χ2v) is 9.90. The Hall–Kier alpha value is -3.20. The summed E-state index contributed by atoms with van der Waals surface area (Å²) >= 11 is 6.07. The number of morpholine rings is 1. The minimum absolute atomic E-state index is 0.352. The van der Waals surface area contributed by atoms with E-state index in [0.29, 0.717) is 36.3 Å². The minimum Gasteiger partial charge on any atom is -0.378 e. The number of halogens is 1. The van der Waals surface area contributed by atoms with Crippen molar-refractivity contribution in [1.82, 2.24) is 24.8 Å². The van der Waals surface area contributed by atoms with Crippen molar-refractivity contribution in [1.29, 1.82) is 0 Å². The van der Waals surface area contributed by atoms with Gasteiger partial charge in [-0.1, -0.05) is 17.7 Å². The number of imidazole rings is 1. The number of rotatable bonds is 6. The summed E-state index contributed by atoms with van der Waals surface area (Å²) in [4.78, 5) is 16.7. The summed E-state index contributed by atoms with van der Waals surface area (Å²) in [7, 11) is 0. The van der Waals surface area contributed by atoms with E-state index in [1.807, 2.05) is 36.7 Å². The number of hydrogen-bond donors (Lipinski definition) is 2. The molecule has 2 N–H and O–H groups in total. The molecule has 2 atom stereocenters. The van der Waals surface area contributed by atoms with Crippen molar-refractivity contribution >= 4 is 40.1 Å². The number of benzene rings is 2. The van der Waals surface area contributed by atoms with E-state index in [2.05, 4.69) is 45.2 Å². The molecular formula is C27H30ClN7O. The fraction of sp³-hybridized carbons (Fsp3) is 0.370. The van der Waals surface area contributed by atoms with Gasteiger partial charge in [-0.25, -0.2) is 9.97 Å². The number of fused-ring (bicyclic) bond motifs is 1. The van der Waals surface area contributed by atoms with Crippen molar-refractivity contribution in [3.8, 4) is 11.3 Å². The summed E-state index contributed by atoms with van der Waals surface area (Å²) in [6.07, 6.45) is 4.40. The van der Waals surface area contributed by atoms with Crippen LogP contribution in [0.25, 0.3) is 22.3 Å². The third-order valence-corrected chi connectivity index (χ3v) is 7.37. The van der Waals surface area contributed by atoms with Gasteiger partial charge < -0.3 is 24.8 Å². The molecule has 0 aliphatic carbocycles. The topological polar surface area (TPSA) is 80.1 Å². The van der Waals surface area contributed by atoms with Gasteiger partial charge in [0.05, 0.1) is 36.3 Å². The number of hydrogen-bond acceptors (Lipinski definition) is 7. The summed E-state index contributed by atoms with van der Waals surface area (Å²) in [5.74, 6) is 1.43. The van der Waals surface area contributed by atoms with Gasteiger partial charge in [0, 0.05) is 47.5 Å². The van der Waals surface area contributed by atoms with Crippen LogP contribution in [-0.2, 0) is 4.74 Å². The molecule has 0 spiro atoms. The number of ether oxygens (including phenoxy) is 1. The molecular weight excluding hydrogens is 474 g/mol. The fourth-order valence-electron chi connectivity index (χ4n) is 5.07. The zero-order valence-corrected chi connectivity index (χ0v) is 21.1. The first-order chi connectivity index (χ1) is 17.6. The van der Waals surface area contributed by atoms with Crippen LogP contribution in [0.5, 0.6) is 0 Å². The van der Waals surface area contributed by atoms with Crippen LogP contribution in [0.1, 0.15) is 25.8 Å². The monoisotopic (exact) mass is 503 g/mol. The number of anilines is 3. The Kier molecular flexibility index (Phi) is 6.48. The Balaban J connectivity index is 1.35. The Bertz CT molecular complexity index is 1340. The van der Waals surface area contributed by atoms with Crippen LogP contribution < -0.4 is 15.5 Å². The van der Waals surface area contributed by atoms with Crippen molar-refractivity contribution in [2.24, 2.45) is 0 Å². The summed E-state index contributed by atoms with van der Waals surface area (Å²) in [5, 5.41) is 7.73. The number of aromatic nitrogens is 4. The molecule has 0 amide bonds. The van der Waals surface area contributed by atoms with E-state index < -0.39 is 0 Å². The Morgan fingerprint density at radius 3 is 2.69 bits per heavy atom. The van der Waals surface area contributed by atoms with Gasteiger partial charge in [-0.3, -0.25) is 0 Å². The molecule has 2 aromatic carbocycles. The molecule has 2 aromatic heterocycles. The highest BCUT2D eigenvalue weighted by atomic mass is 35.5. The predicted molar refractivity (Wildman–Crippen MR) is 144 cm³/mol. The highest BCUT2D eigenvalue weighted by Gasteiger charge is 2.23. The Labute approximate surface area is 215 Å². The van der Waals surface area contributed by atoms with Crippen molar-refractivity contribution in [3.63, 3.8) is 0 Å². The van der Waals surface area contributed by atoms with Crippen molar-refractivity contribution in [2.45, 2.75) is 31.8 Å². The molecule has 0 bridgehead atoms. The standard InChI is InChI=1S/C27H30ClN7O/c1-18(22-3-2-10-29-22)35-17-30-24-15-19(4-9-25(24)35)23-16-26(31-21-7-5-20(28)6-8-21)33-27(32-23)34-11-13-36-14-12-34/h4-9,15-18,22,29H,2-3,10-14H2,1H3,(H,31,32,33). The average Bonchev–Trinajstić information content (AvgIpc) is 3.60. The van der Waals surface area contributed by atoms with E-state index in [0.717, 1.165) is 53.4 Å². The predicted octanol–water partition coefficient (Wildman–Crippen LogP) is 5.04. The van der Waals surface area contributed by atoms with Gasteiger partial charge in [-0.2, -0.15) is 4.98 Å². The number of nitrogens with one attached hydrogen (secondary N) is 2. The largest absolute Gasteiger partial charge is 0.378 e. The number of nitrogens with zero attached hydrogens (tertiary/aromatic N) is 5. The SMILES string of the molecule is CC(C1CCCN1)n1cnc2cc(-c3cc(Nc4ccc(Cl)cc4)nc(N4CCOCC4)n3)ccc21. The highest BCUT2D eigenvalue weighted by Crippen LogP contribution is 2.30. The van der Waals surface area contributed by atoms with Crippen molar-refractivity contribution in [2.75, 3.05) is 43.1 Å². The zero-order valence-electron chi connectivity index (χ0n) is 20.3. The molecule has 0 saturated carbocycles. The first-order valence-electron chi connectivity index (χ1n) is 12.6. The molecule has 2 fully saturated rings. The smallest absolute Gasteiger partial charge is 0.228 e. The van der Waals surface area contributed by atoms with Crippen LogP contribution in [-0.4, -0.2) is 58.4 Å². The van der Waals surface area contributed by atoms with Crippen LogP contribution in [0.4, 0.5) is 17.5 Å². The van der Waals surface area contributed by atoms with Gasteiger partial charge in [-0.05, 0) is 62.7 Å². The molecule has 9 heteroatoms. The second-order valence-electron chi connectivity index (χ2n) is 9.47. The quantitative estimate of drug-likeness (QED) is 0.381. The maximum absolute atomic E-state index is 6.07. The van der Waals surface area contributed by atoms with Crippen LogP contribution in [0.15, 0.2) is 54.9 Å². The molecule has 2 saturated heterocycles. The molecule has 186 valence electrons. The maximum atomic E-state index is 6.07. The van der Waals surface area contributed by atoms with Crippen LogP contribution >= 0.6 is 11.6 Å². The molecule has 4 aromatic rings. The molecule has 8 nitrogen and oxygen atoms in total. The summed E-state index contributed by atoms with van der Waals surface area (Å²) in [6, 6.07) is 16.9. The lowest BCUT2D eigenvalue weighted by molar-refractivity contribution is 0.122. The molecule has 2 aliphatic heterocycles. The molecule has 0 radical (unpaired) electrons. The van der Waals surface area contributed by atoms with Gasteiger partial charge >= 0.3 is 0 Å². The molecule has 2 aliphatic rings. The Morgan fingerprint density at radius 1 is 1.08 bits per heavy atom. The first-order valence-corrected chi connectivity index (χ1v) is 13.0. The van der Waals surface area contributed by atoms with Crippen LogP contribution in [0.2, 0.25) is 5.02 Å². The van der Waals surface area contributed by atoms with Crippen molar-refractivity contribution in [3.05, 3.63) is 59.9 Å². The van der Waals surface area contributed by atoms with Gasteiger partial charge in [0.2, 0.25) is 5.95 Å².